The van der Waals surface area contributed by atoms with E-state index in [1.165, 1.54) is 27.6 Å². The van der Waals surface area contributed by atoms with Gasteiger partial charge in [-0.2, -0.15) is 9.78 Å². The van der Waals surface area contributed by atoms with Crippen molar-refractivity contribution in [3.63, 3.8) is 0 Å². The van der Waals surface area contributed by atoms with Gasteiger partial charge in [0.05, 0.1) is 19.0 Å². The van der Waals surface area contributed by atoms with E-state index in [1.807, 2.05) is 42.5 Å². The lowest BCUT2D eigenvalue weighted by molar-refractivity contribution is -0.0425. The van der Waals surface area contributed by atoms with Gasteiger partial charge in [-0.3, -0.25) is 9.78 Å². The van der Waals surface area contributed by atoms with Crippen molar-refractivity contribution < 1.29 is 23.3 Å². The number of pyridine rings is 1. The molecule has 3 heterocycles. The average molecular weight is 786 g/mol. The summed E-state index contributed by atoms with van der Waals surface area (Å²) in [5, 5.41) is 4.21. The highest BCUT2D eigenvalue weighted by Gasteiger charge is 2.32. The molecule has 0 N–H and O–H groups in total. The van der Waals surface area contributed by atoms with Gasteiger partial charge in [0.15, 0.2) is 17.0 Å². The van der Waals surface area contributed by atoms with E-state index in [0.717, 1.165) is 79.7 Å². The van der Waals surface area contributed by atoms with E-state index in [2.05, 4.69) is 64.7 Å². The van der Waals surface area contributed by atoms with Crippen LogP contribution in [0.5, 0.6) is 23.0 Å². The largest absolute Gasteiger partial charge is 0.494 e. The molecular weight excluding hydrogens is 741 g/mol. The third-order valence-electron chi connectivity index (χ3n) is 10.8. The molecule has 3 atom stereocenters. The summed E-state index contributed by atoms with van der Waals surface area (Å²) in [4.78, 5) is 17.4. The van der Waals surface area contributed by atoms with Gasteiger partial charge >= 0.3 is 0 Å². The van der Waals surface area contributed by atoms with Crippen LogP contribution in [0.4, 0.5) is 4.39 Å². The molecular formula is C47H45ClFN3O5. The summed E-state index contributed by atoms with van der Waals surface area (Å²) >= 11 is 6.36. The molecule has 6 aromatic rings. The lowest BCUT2D eigenvalue weighted by atomic mass is 9.69. The minimum Gasteiger partial charge on any atom is -0.494 e. The van der Waals surface area contributed by atoms with E-state index in [0.29, 0.717) is 25.6 Å². The Hall–Kier alpha value is -5.51. The van der Waals surface area contributed by atoms with E-state index in [1.54, 1.807) is 18.3 Å². The summed E-state index contributed by atoms with van der Waals surface area (Å²) in [6, 6.07) is 35.8. The van der Waals surface area contributed by atoms with E-state index in [-0.39, 0.29) is 28.4 Å². The number of hydrogen-bond acceptors (Lipinski definition) is 7. The van der Waals surface area contributed by atoms with Gasteiger partial charge in [-0.15, -0.1) is 0 Å². The Balaban J connectivity index is 0.853. The molecule has 8 nitrogen and oxygen atoms in total. The van der Waals surface area contributed by atoms with Crippen LogP contribution >= 0.6 is 11.6 Å². The van der Waals surface area contributed by atoms with Gasteiger partial charge in [0.25, 0.3) is 5.56 Å². The number of fused-ring (bicyclic) bond motifs is 1. The number of hydrogen-bond donors (Lipinski definition) is 0. The fourth-order valence-electron chi connectivity index (χ4n) is 7.85. The lowest BCUT2D eigenvalue weighted by Gasteiger charge is -2.35. The molecule has 57 heavy (non-hydrogen) atoms. The fourth-order valence-corrected chi connectivity index (χ4v) is 8.02. The average Bonchev–Trinajstić information content (AvgIpc) is 3.26. The first kappa shape index (κ1) is 38.4. The molecule has 0 bridgehead atoms. The Kier molecular flexibility index (Phi) is 12.2. The van der Waals surface area contributed by atoms with Crippen LogP contribution < -0.4 is 19.8 Å². The smallest absolute Gasteiger partial charge is 0.291 e. The van der Waals surface area contributed by atoms with E-state index in [4.69, 9.17) is 30.5 Å². The molecule has 3 unspecified atom stereocenters. The minimum absolute atomic E-state index is 0.0363. The standard InChI is InChI=1S/C47H45ClFN3O5/c48-46-43(30-51-52(47(46)53)44-11-5-7-27-55-44)57-40-22-19-37(50-29-40)10-4-6-26-54-38-20-14-34(15-21-38)45-41(33-12-17-36(49)18-13-33)24-16-35-28-39(23-25-42(35)45)56-31-32-8-2-1-3-9-32/h1-3,8-9,12-15,17-23,25,28-30,41,44-45H,4-7,10-11,16,24,26-27,31H2. The monoisotopic (exact) mass is 785 g/mol. The molecule has 292 valence electrons. The Morgan fingerprint density at radius 2 is 1.60 bits per heavy atom. The van der Waals surface area contributed by atoms with Crippen molar-refractivity contribution in [2.75, 3.05) is 13.2 Å². The van der Waals surface area contributed by atoms with Crippen molar-refractivity contribution in [2.24, 2.45) is 0 Å². The molecule has 0 spiro atoms. The lowest BCUT2D eigenvalue weighted by Crippen LogP contribution is -2.31. The predicted molar refractivity (Wildman–Crippen MR) is 218 cm³/mol. The first-order valence-electron chi connectivity index (χ1n) is 19.8. The molecule has 4 aromatic carbocycles. The van der Waals surface area contributed by atoms with Crippen LogP contribution in [-0.2, 0) is 24.2 Å². The van der Waals surface area contributed by atoms with Crippen LogP contribution in [0, 0.1) is 5.82 Å². The number of aryl methyl sites for hydroxylation is 2. The molecule has 8 rings (SSSR count). The highest BCUT2D eigenvalue weighted by molar-refractivity contribution is 6.31. The third-order valence-corrected chi connectivity index (χ3v) is 11.2. The zero-order chi connectivity index (χ0) is 39.0. The van der Waals surface area contributed by atoms with Gasteiger partial charge in [0.2, 0.25) is 0 Å². The zero-order valence-electron chi connectivity index (χ0n) is 31.7. The number of aromatic nitrogens is 3. The maximum absolute atomic E-state index is 13.9. The van der Waals surface area contributed by atoms with Crippen LogP contribution in [-0.4, -0.2) is 28.0 Å². The summed E-state index contributed by atoms with van der Waals surface area (Å²) in [6.07, 6.45) is 9.76. The molecule has 0 saturated carbocycles. The zero-order valence-corrected chi connectivity index (χ0v) is 32.5. The van der Waals surface area contributed by atoms with Gasteiger partial charge in [-0.25, -0.2) is 4.39 Å². The van der Waals surface area contributed by atoms with Gasteiger partial charge in [-0.05, 0) is 134 Å². The Labute approximate surface area is 337 Å². The van der Waals surface area contributed by atoms with Crippen molar-refractivity contribution in [2.45, 2.75) is 76.0 Å². The Morgan fingerprint density at radius 3 is 2.37 bits per heavy atom. The highest BCUT2D eigenvalue weighted by Crippen LogP contribution is 2.47. The van der Waals surface area contributed by atoms with Gasteiger partial charge < -0.3 is 18.9 Å². The second-order valence-electron chi connectivity index (χ2n) is 14.7. The third kappa shape index (κ3) is 9.38. The van der Waals surface area contributed by atoms with Gasteiger partial charge in [-0.1, -0.05) is 72.3 Å². The first-order valence-corrected chi connectivity index (χ1v) is 20.2. The van der Waals surface area contributed by atoms with Crippen molar-refractivity contribution >= 4 is 11.6 Å². The summed E-state index contributed by atoms with van der Waals surface area (Å²) < 4.78 is 39.1. The molecule has 1 saturated heterocycles. The predicted octanol–water partition coefficient (Wildman–Crippen LogP) is 10.8. The van der Waals surface area contributed by atoms with Crippen molar-refractivity contribution in [3.8, 4) is 23.0 Å². The van der Waals surface area contributed by atoms with Crippen LogP contribution in [0.25, 0.3) is 0 Å². The molecule has 0 radical (unpaired) electrons. The number of rotatable bonds is 14. The number of ether oxygens (including phenoxy) is 4. The van der Waals surface area contributed by atoms with Crippen molar-refractivity contribution in [1.29, 1.82) is 0 Å². The number of unbranched alkanes of at least 4 members (excludes halogenated alkanes) is 1. The summed E-state index contributed by atoms with van der Waals surface area (Å²) in [6.45, 7) is 1.70. The van der Waals surface area contributed by atoms with E-state index < -0.39 is 11.8 Å². The number of nitrogens with zero attached hydrogens (tertiary/aromatic N) is 3. The SMILES string of the molecule is O=c1c(Cl)c(Oc2ccc(CCCCOc3ccc(C4c5ccc(OCc6ccccc6)cc5CCC4c4ccc(F)cc4)cc3)nc2)cnn1C1CCCCO1. The molecule has 2 aliphatic rings. The molecule has 10 heteroatoms. The summed E-state index contributed by atoms with van der Waals surface area (Å²) in [7, 11) is 0. The van der Waals surface area contributed by atoms with E-state index in [9.17, 15) is 9.18 Å². The summed E-state index contributed by atoms with van der Waals surface area (Å²) in [5.41, 5.74) is 6.53. The molecule has 1 aliphatic heterocycles. The Morgan fingerprint density at radius 1 is 0.807 bits per heavy atom. The van der Waals surface area contributed by atoms with Crippen LogP contribution in [0.15, 0.2) is 126 Å². The quantitative estimate of drug-likeness (QED) is 0.102. The topological polar surface area (TPSA) is 84.7 Å². The van der Waals surface area contributed by atoms with Gasteiger partial charge in [0, 0.05) is 18.2 Å². The minimum atomic E-state index is -0.436. The van der Waals surface area contributed by atoms with Crippen LogP contribution in [0.3, 0.4) is 0 Å². The maximum Gasteiger partial charge on any atom is 0.291 e. The number of benzene rings is 4. The normalized spacial score (nSPS) is 17.8. The molecule has 0 amide bonds. The first-order chi connectivity index (χ1) is 28.0. The van der Waals surface area contributed by atoms with Crippen molar-refractivity contribution in [1.82, 2.24) is 14.8 Å². The van der Waals surface area contributed by atoms with Crippen LogP contribution in [0.2, 0.25) is 5.02 Å². The molecule has 1 aliphatic carbocycles. The van der Waals surface area contributed by atoms with E-state index >= 15 is 0 Å². The summed E-state index contributed by atoms with van der Waals surface area (Å²) in [5.74, 6) is 2.44. The second-order valence-corrected chi connectivity index (χ2v) is 15.0. The fraction of sp³-hybridized carbons (Fsp3) is 0.298. The molecule has 2 aromatic heterocycles. The number of halogens is 2. The second kappa shape index (κ2) is 18.2. The highest BCUT2D eigenvalue weighted by atomic mass is 35.5. The van der Waals surface area contributed by atoms with Crippen LogP contribution in [0.1, 0.15) is 90.1 Å². The van der Waals surface area contributed by atoms with Gasteiger partial charge in [0.1, 0.15) is 29.7 Å². The maximum atomic E-state index is 13.9. The Bertz CT molecular complexity index is 2300. The molecule has 1 fully saturated rings. The van der Waals surface area contributed by atoms with Crippen molar-refractivity contribution in [3.05, 3.63) is 176 Å².